The van der Waals surface area contributed by atoms with Crippen molar-refractivity contribution < 1.29 is 29.6 Å². The van der Waals surface area contributed by atoms with Gasteiger partial charge in [0.1, 0.15) is 35.6 Å². The molecule has 1 aliphatic heterocycles. The van der Waals surface area contributed by atoms with E-state index in [2.05, 4.69) is 9.97 Å². The molecule has 29 heavy (non-hydrogen) atoms. The summed E-state index contributed by atoms with van der Waals surface area (Å²) in [6, 6.07) is 1.67. The molecule has 1 aliphatic rings. The zero-order valence-electron chi connectivity index (χ0n) is 15.6. The fraction of sp³-hybridized carbons (Fsp3) is 0.389. The van der Waals surface area contributed by atoms with Crippen LogP contribution in [0.2, 0.25) is 0 Å². The molecule has 154 valence electrons. The Labute approximate surface area is 169 Å². The Morgan fingerprint density at radius 3 is 2.90 bits per heavy atom. The molecule has 11 heteroatoms. The van der Waals surface area contributed by atoms with E-state index in [1.807, 2.05) is 0 Å². The number of fused-ring (bicyclic) bond motifs is 1. The average Bonchev–Trinajstić information content (AvgIpc) is 3.38. The van der Waals surface area contributed by atoms with Crippen LogP contribution in [-0.4, -0.2) is 67.3 Å². The van der Waals surface area contributed by atoms with Crippen LogP contribution in [0.4, 0.5) is 5.82 Å². The van der Waals surface area contributed by atoms with Crippen LogP contribution in [0, 0.1) is 0 Å². The summed E-state index contributed by atoms with van der Waals surface area (Å²) in [5.74, 6) is -0.245. The second-order valence-corrected chi connectivity index (χ2v) is 7.89. The maximum atomic E-state index is 11.8. The van der Waals surface area contributed by atoms with E-state index in [0.717, 1.165) is 0 Å². The summed E-state index contributed by atoms with van der Waals surface area (Å²) in [4.78, 5) is 20.9. The molecule has 1 fully saturated rings. The molecule has 0 bridgehead atoms. The molecule has 3 aromatic rings. The number of nitrogen functional groups attached to an aromatic ring is 1. The lowest BCUT2D eigenvalue weighted by atomic mass is 9.96. The van der Waals surface area contributed by atoms with Crippen LogP contribution < -0.4 is 5.73 Å². The standard InChI is InChI=1S/C18H20N4O6S/c1-18(26)13(24)10(5-23)28-17(18)22-4-9(12-14(19)20-7-21-15(12)22)11-3-8(6-29-11)16(25)27-2/h3-4,6-7,10,13,17,23-24,26H,5H2,1-2H3,(H2,19,20,21). The van der Waals surface area contributed by atoms with Gasteiger partial charge < -0.3 is 35.1 Å². The number of aromatic nitrogens is 3. The first kappa shape index (κ1) is 19.7. The van der Waals surface area contributed by atoms with Gasteiger partial charge in [0.2, 0.25) is 0 Å². The van der Waals surface area contributed by atoms with Crippen molar-refractivity contribution in [3.63, 3.8) is 0 Å². The molecule has 5 N–H and O–H groups in total. The minimum absolute atomic E-state index is 0.216. The first-order valence-electron chi connectivity index (χ1n) is 8.74. The highest BCUT2D eigenvalue weighted by Crippen LogP contribution is 2.43. The number of methoxy groups -OCH3 is 1. The molecule has 4 atom stereocenters. The van der Waals surface area contributed by atoms with Gasteiger partial charge in [-0.3, -0.25) is 0 Å². The second-order valence-electron chi connectivity index (χ2n) is 6.98. The number of nitrogens with zero attached hydrogens (tertiary/aromatic N) is 3. The van der Waals surface area contributed by atoms with Gasteiger partial charge >= 0.3 is 5.97 Å². The smallest absolute Gasteiger partial charge is 0.338 e. The predicted octanol–water partition coefficient (Wildman–Crippen LogP) is 0.530. The fourth-order valence-corrected chi connectivity index (χ4v) is 4.46. The summed E-state index contributed by atoms with van der Waals surface area (Å²) in [5.41, 5.74) is 5.83. The summed E-state index contributed by atoms with van der Waals surface area (Å²) >= 11 is 1.31. The van der Waals surface area contributed by atoms with Gasteiger partial charge in [-0.15, -0.1) is 11.3 Å². The summed E-state index contributed by atoms with van der Waals surface area (Å²) in [5, 5.41) is 32.8. The Bertz CT molecular complexity index is 1080. The largest absolute Gasteiger partial charge is 0.465 e. The SMILES string of the molecule is COC(=O)c1csc(-c2cn(C3OC(CO)C(O)C3(C)O)c3ncnc(N)c23)c1. The van der Waals surface area contributed by atoms with Crippen LogP contribution >= 0.6 is 11.3 Å². The van der Waals surface area contributed by atoms with E-state index in [1.54, 1.807) is 22.2 Å². The van der Waals surface area contributed by atoms with Crippen molar-refractivity contribution in [1.82, 2.24) is 14.5 Å². The molecule has 4 unspecified atom stereocenters. The normalized spacial score (nSPS) is 26.9. The van der Waals surface area contributed by atoms with Gasteiger partial charge in [0.25, 0.3) is 0 Å². The van der Waals surface area contributed by atoms with E-state index in [1.165, 1.54) is 31.7 Å². The molecular weight excluding hydrogens is 400 g/mol. The molecule has 0 aromatic carbocycles. The van der Waals surface area contributed by atoms with Gasteiger partial charge in [0.15, 0.2) is 6.23 Å². The molecule has 3 aromatic heterocycles. The summed E-state index contributed by atoms with van der Waals surface area (Å²) in [6.45, 7) is 0.971. The van der Waals surface area contributed by atoms with Gasteiger partial charge in [-0.1, -0.05) is 0 Å². The van der Waals surface area contributed by atoms with Crippen molar-refractivity contribution in [1.29, 1.82) is 0 Å². The number of carbonyl (C=O) groups is 1. The topological polar surface area (TPSA) is 153 Å². The van der Waals surface area contributed by atoms with Crippen LogP contribution in [0.25, 0.3) is 21.5 Å². The number of aliphatic hydroxyl groups excluding tert-OH is 2. The van der Waals surface area contributed by atoms with E-state index in [4.69, 9.17) is 15.2 Å². The van der Waals surface area contributed by atoms with Gasteiger partial charge in [-0.25, -0.2) is 14.8 Å². The van der Waals surface area contributed by atoms with Gasteiger partial charge in [0.05, 0.1) is 24.7 Å². The first-order valence-corrected chi connectivity index (χ1v) is 9.62. The number of anilines is 1. The van der Waals surface area contributed by atoms with E-state index >= 15 is 0 Å². The van der Waals surface area contributed by atoms with Gasteiger partial charge in [-0.05, 0) is 13.0 Å². The molecule has 0 amide bonds. The number of nitrogens with two attached hydrogens (primary N) is 1. The summed E-state index contributed by atoms with van der Waals surface area (Å²) < 4.78 is 12.0. The number of aliphatic hydroxyl groups is 3. The van der Waals surface area contributed by atoms with Crippen LogP contribution in [0.5, 0.6) is 0 Å². The number of hydrogen-bond donors (Lipinski definition) is 4. The third-order valence-electron chi connectivity index (χ3n) is 5.11. The predicted molar refractivity (Wildman–Crippen MR) is 104 cm³/mol. The monoisotopic (exact) mass is 420 g/mol. The molecule has 0 spiro atoms. The number of carbonyl (C=O) groups excluding carboxylic acids is 1. The summed E-state index contributed by atoms with van der Waals surface area (Å²) in [6.07, 6.45) is -0.322. The number of hydrogen-bond acceptors (Lipinski definition) is 10. The highest BCUT2D eigenvalue weighted by Gasteiger charge is 2.53. The summed E-state index contributed by atoms with van der Waals surface area (Å²) in [7, 11) is 1.31. The van der Waals surface area contributed by atoms with Gasteiger partial charge in [0, 0.05) is 22.0 Å². The first-order chi connectivity index (χ1) is 13.8. The van der Waals surface area contributed by atoms with Crippen LogP contribution in [0.1, 0.15) is 23.5 Å². The van der Waals surface area contributed by atoms with Crippen molar-refractivity contribution >= 4 is 34.2 Å². The number of thiophene rings is 1. The van der Waals surface area contributed by atoms with E-state index < -0.39 is 36.6 Å². The fourth-order valence-electron chi connectivity index (χ4n) is 3.57. The Hall–Kier alpha value is -2.57. The molecule has 1 saturated heterocycles. The second kappa shape index (κ2) is 7.04. The van der Waals surface area contributed by atoms with E-state index in [-0.39, 0.29) is 5.82 Å². The molecule has 4 heterocycles. The Balaban J connectivity index is 1.89. The van der Waals surface area contributed by atoms with Crippen LogP contribution in [-0.2, 0) is 9.47 Å². The van der Waals surface area contributed by atoms with Crippen molar-refractivity contribution in [3.05, 3.63) is 29.5 Å². The zero-order chi connectivity index (χ0) is 20.9. The molecule has 0 aliphatic carbocycles. The van der Waals surface area contributed by atoms with Crippen LogP contribution in [0.15, 0.2) is 24.0 Å². The third-order valence-corrected chi connectivity index (χ3v) is 6.08. The average molecular weight is 420 g/mol. The van der Waals surface area contributed by atoms with Gasteiger partial charge in [-0.2, -0.15) is 0 Å². The Morgan fingerprint density at radius 1 is 1.48 bits per heavy atom. The highest BCUT2D eigenvalue weighted by molar-refractivity contribution is 7.14. The highest BCUT2D eigenvalue weighted by atomic mass is 32.1. The molecular formula is C18H20N4O6S. The van der Waals surface area contributed by atoms with Crippen LogP contribution in [0.3, 0.4) is 0 Å². The van der Waals surface area contributed by atoms with Crippen molar-refractivity contribution in [2.75, 3.05) is 19.5 Å². The minimum atomic E-state index is -1.69. The van der Waals surface area contributed by atoms with E-state index in [0.29, 0.717) is 27.0 Å². The Kier molecular flexibility index (Phi) is 4.79. The quantitative estimate of drug-likeness (QED) is 0.443. The number of rotatable bonds is 4. The maximum absolute atomic E-state index is 11.8. The third kappa shape index (κ3) is 2.98. The van der Waals surface area contributed by atoms with Crippen molar-refractivity contribution in [3.8, 4) is 10.4 Å². The minimum Gasteiger partial charge on any atom is -0.465 e. The number of esters is 1. The molecule has 10 nitrogen and oxygen atoms in total. The molecule has 0 radical (unpaired) electrons. The molecule has 0 saturated carbocycles. The lowest BCUT2D eigenvalue weighted by molar-refractivity contribution is -0.0948. The molecule has 4 rings (SSSR count). The zero-order valence-corrected chi connectivity index (χ0v) is 16.5. The lowest BCUT2D eigenvalue weighted by Crippen LogP contribution is -2.44. The lowest BCUT2D eigenvalue weighted by Gasteiger charge is -2.27. The van der Waals surface area contributed by atoms with Crippen molar-refractivity contribution in [2.45, 2.75) is 31.0 Å². The van der Waals surface area contributed by atoms with Crippen molar-refractivity contribution in [2.24, 2.45) is 0 Å². The number of ether oxygens (including phenoxy) is 2. The van der Waals surface area contributed by atoms with E-state index in [9.17, 15) is 20.1 Å². The maximum Gasteiger partial charge on any atom is 0.338 e. The Morgan fingerprint density at radius 2 is 2.24 bits per heavy atom.